The van der Waals surface area contributed by atoms with E-state index in [1.54, 1.807) is 0 Å². The maximum absolute atomic E-state index is 5.07. The van der Waals surface area contributed by atoms with E-state index >= 15 is 0 Å². The molecule has 14 rings (SSSR count). The molecule has 0 amide bonds. The van der Waals surface area contributed by atoms with Crippen molar-refractivity contribution in [2.75, 3.05) is 0 Å². The molecule has 6 nitrogen and oxygen atoms in total. The van der Waals surface area contributed by atoms with Crippen LogP contribution in [0, 0.1) is 13.8 Å². The van der Waals surface area contributed by atoms with Gasteiger partial charge in [0.25, 0.3) is 0 Å². The van der Waals surface area contributed by atoms with Crippen LogP contribution in [-0.2, 0) is 0 Å². The van der Waals surface area contributed by atoms with Crippen LogP contribution in [-0.4, -0.2) is 26.6 Å². The Balaban J connectivity index is 0.765. The number of aryl methyl sites for hydroxylation is 2. The minimum atomic E-state index is 0.401. The summed E-state index contributed by atoms with van der Waals surface area (Å²) >= 11 is 10.1. The van der Waals surface area contributed by atoms with Crippen molar-refractivity contribution >= 4 is 134 Å². The first-order chi connectivity index (χ1) is 49.3. The topological polar surface area (TPSA) is 61.4 Å². The average molecular weight is 1430 g/mol. The maximum Gasteiger partial charge on any atom is 0.114 e. The van der Waals surface area contributed by atoms with Crippen molar-refractivity contribution in [2.45, 2.75) is 233 Å². The van der Waals surface area contributed by atoms with E-state index in [1.165, 1.54) is 314 Å². The van der Waals surface area contributed by atoms with Gasteiger partial charge < -0.3 is 9.13 Å². The van der Waals surface area contributed by atoms with E-state index in [2.05, 4.69) is 196 Å². The molecule has 0 aliphatic carbocycles. The zero-order chi connectivity index (χ0) is 68.3. The van der Waals surface area contributed by atoms with Crippen molar-refractivity contribution in [3.63, 3.8) is 0 Å². The average Bonchev–Trinajstić information content (AvgIpc) is 1.59. The lowest BCUT2D eigenvalue weighted by Crippen LogP contribution is -2.09. The molecule has 0 saturated carbocycles. The zero-order valence-electron chi connectivity index (χ0n) is 59.9. The molecule has 0 radical (unpaired) electrons. The molecular weight excluding hydrogens is 1330 g/mol. The van der Waals surface area contributed by atoms with Crippen LogP contribution >= 0.6 is 68.8 Å². The van der Waals surface area contributed by atoms with Gasteiger partial charge in [-0.15, -0.1) is 45.3 Å². The smallest absolute Gasteiger partial charge is 0.114 e. The number of hydrogen-bond acceptors (Lipinski definition) is 10. The number of rotatable bonds is 37. The van der Waals surface area contributed by atoms with Crippen molar-refractivity contribution in [2.24, 2.45) is 0 Å². The third kappa shape index (κ3) is 15.5. The molecule has 0 atom stereocenters. The van der Waals surface area contributed by atoms with E-state index in [9.17, 15) is 0 Å². The summed E-state index contributed by atoms with van der Waals surface area (Å²) in [6, 6.07) is 57.7. The van der Waals surface area contributed by atoms with Crippen LogP contribution in [0.2, 0.25) is 0 Å². The molecule has 0 aliphatic rings. The minimum absolute atomic E-state index is 0.401. The lowest BCUT2D eigenvalue weighted by atomic mass is 9.99. The summed E-state index contributed by atoms with van der Waals surface area (Å²) in [5.41, 5.74) is 19.2. The second-order valence-electron chi connectivity index (χ2n) is 28.6. The summed E-state index contributed by atoms with van der Waals surface area (Å²) in [6.45, 7) is 13.7. The second kappa shape index (κ2) is 33.6. The van der Waals surface area contributed by atoms with Gasteiger partial charge in [-0.1, -0.05) is 248 Å². The highest BCUT2D eigenvalue weighted by Gasteiger charge is 2.25. The van der Waals surface area contributed by atoms with E-state index in [0.29, 0.717) is 12.1 Å². The molecule has 12 heteroatoms. The van der Waals surface area contributed by atoms with E-state index < -0.39 is 0 Å². The SMILES string of the molecule is CCCCCCCCC(CCCCCCCC)n1c2ccc(C)cc2c2cc(-c3ccc(-c4ccc(-c5ccc(-c6ccc7c8ccc(-c9ccc(-c%10ccc(-c%11ccc(C)s%11)c%11nsnc%10%11)s9)cc8n(C(CCCCCCCC)CCCCCCCC)c7c6)s5)c5nsnc45)s3)ccc21. The first-order valence-corrected chi connectivity index (χ1v) is 43.0. The molecule has 0 bridgehead atoms. The van der Waals surface area contributed by atoms with Crippen LogP contribution in [0.3, 0.4) is 0 Å². The highest BCUT2D eigenvalue weighted by Crippen LogP contribution is 2.48. The maximum atomic E-state index is 5.07. The fourth-order valence-corrected chi connectivity index (χ4v) is 21.1. The fourth-order valence-electron chi connectivity index (χ4n) is 15.9. The Bertz CT molecular complexity index is 4980. The predicted molar refractivity (Wildman–Crippen MR) is 443 cm³/mol. The van der Waals surface area contributed by atoms with Gasteiger partial charge in [0.1, 0.15) is 22.1 Å². The van der Waals surface area contributed by atoms with Gasteiger partial charge in [-0.3, -0.25) is 0 Å². The summed E-state index contributed by atoms with van der Waals surface area (Å²) in [5, 5.41) is 5.46. The third-order valence-electron chi connectivity index (χ3n) is 21.4. The highest BCUT2D eigenvalue weighted by molar-refractivity contribution is 7.20. The lowest BCUT2D eigenvalue weighted by molar-refractivity contribution is 0.410. The summed E-state index contributed by atoms with van der Waals surface area (Å²) in [5.74, 6) is 0. The van der Waals surface area contributed by atoms with Crippen molar-refractivity contribution in [1.29, 1.82) is 0 Å². The van der Waals surface area contributed by atoms with Crippen molar-refractivity contribution < 1.29 is 0 Å². The predicted octanol–water partition coefficient (Wildman–Crippen LogP) is 30.5. The van der Waals surface area contributed by atoms with Crippen LogP contribution < -0.4 is 0 Å². The van der Waals surface area contributed by atoms with Crippen LogP contribution in [0.25, 0.3) is 139 Å². The molecule has 100 heavy (non-hydrogen) atoms. The molecule has 8 heterocycles. The van der Waals surface area contributed by atoms with Crippen molar-refractivity contribution in [3.05, 3.63) is 156 Å². The van der Waals surface area contributed by atoms with Crippen LogP contribution in [0.4, 0.5) is 0 Å². The number of thiophene rings is 4. The molecule has 0 unspecified atom stereocenters. The fraction of sp³-hybridized carbons (Fsp3) is 0.409. The van der Waals surface area contributed by atoms with Gasteiger partial charge in [0.05, 0.1) is 34.5 Å². The van der Waals surface area contributed by atoms with Gasteiger partial charge in [-0.25, -0.2) is 0 Å². The molecule has 14 aromatic rings. The number of aromatic nitrogens is 6. The monoisotopic (exact) mass is 1430 g/mol. The molecule has 8 aromatic heterocycles. The standard InChI is InChI=1S/C88H100N6S6/c1-7-11-15-19-23-27-31-64(32-28-24-20-16-12-8-2)93-74-46-35-59(5)55-72(74)73-56-61(39-47-75(73)93)78-49-52-82(96-78)70-44-45-71(88-87(70)91-100-92-88)84-54-51-80(98-84)63-38-41-67-66-40-37-62(79-50-53-83(97-79)69-43-42-68(81-48-36-60(6)95-81)85-86(69)90-99-89-85)57-76(66)94(77(67)58-63)65(33-29-25-21-17-13-9-3)34-30-26-22-18-14-10-4/h35-58,64-65H,7-34H2,1-6H3. The Labute approximate surface area is 618 Å². The second-order valence-corrected chi connectivity index (χ2v) is 34.2. The molecule has 0 saturated heterocycles. The molecule has 6 aromatic carbocycles. The number of unbranched alkanes of at least 4 members (excludes halogenated alkanes) is 20. The van der Waals surface area contributed by atoms with Gasteiger partial charge in [0, 0.05) is 106 Å². The molecule has 0 spiro atoms. The first-order valence-electron chi connectivity index (χ1n) is 38.3. The molecular formula is C88H100N6S6. The van der Waals surface area contributed by atoms with E-state index in [1.807, 2.05) is 45.3 Å². The number of hydrogen-bond donors (Lipinski definition) is 0. The molecule has 0 aliphatic heterocycles. The van der Waals surface area contributed by atoms with Crippen molar-refractivity contribution in [3.8, 4) is 73.1 Å². The molecule has 0 N–H and O–H groups in total. The number of nitrogens with zero attached hydrogens (tertiary/aromatic N) is 6. The van der Waals surface area contributed by atoms with Gasteiger partial charge in [-0.2, -0.15) is 17.5 Å². The van der Waals surface area contributed by atoms with Crippen LogP contribution in [0.5, 0.6) is 0 Å². The Morgan fingerprint density at radius 2 is 0.600 bits per heavy atom. The van der Waals surface area contributed by atoms with Gasteiger partial charge in [0.15, 0.2) is 0 Å². The van der Waals surface area contributed by atoms with E-state index in [0.717, 1.165) is 38.8 Å². The summed E-state index contributed by atoms with van der Waals surface area (Å²) in [6.07, 6.45) is 36.6. The summed E-state index contributed by atoms with van der Waals surface area (Å²) < 4.78 is 25.5. The Morgan fingerprint density at radius 1 is 0.280 bits per heavy atom. The number of benzene rings is 6. The first kappa shape index (κ1) is 70.4. The van der Waals surface area contributed by atoms with Gasteiger partial charge in [-0.05, 0) is 141 Å². The third-order valence-corrected chi connectivity index (χ3v) is 27.0. The molecule has 0 fully saturated rings. The highest BCUT2D eigenvalue weighted by atomic mass is 32.1. The Hall–Kier alpha value is -6.64. The largest absolute Gasteiger partial charge is 0.337 e. The quantitative estimate of drug-likeness (QED) is 0.0364. The van der Waals surface area contributed by atoms with Crippen LogP contribution in [0.1, 0.15) is 230 Å². The zero-order valence-corrected chi connectivity index (χ0v) is 64.8. The summed E-state index contributed by atoms with van der Waals surface area (Å²) in [4.78, 5) is 10.1. The lowest BCUT2D eigenvalue weighted by Gasteiger charge is -2.22. The van der Waals surface area contributed by atoms with Crippen molar-refractivity contribution in [1.82, 2.24) is 26.6 Å². The van der Waals surface area contributed by atoms with Gasteiger partial charge >= 0.3 is 0 Å². The normalized spacial score (nSPS) is 12.2. The summed E-state index contributed by atoms with van der Waals surface area (Å²) in [7, 11) is 0. The minimum Gasteiger partial charge on any atom is -0.337 e. The Morgan fingerprint density at radius 3 is 0.990 bits per heavy atom. The van der Waals surface area contributed by atoms with E-state index in [4.69, 9.17) is 17.5 Å². The van der Waals surface area contributed by atoms with Gasteiger partial charge in [0.2, 0.25) is 0 Å². The Kier molecular flexibility index (Phi) is 23.7. The number of fused-ring (bicyclic) bond motifs is 8. The molecule has 518 valence electrons. The van der Waals surface area contributed by atoms with E-state index in [-0.39, 0.29) is 0 Å². The van der Waals surface area contributed by atoms with Crippen LogP contribution in [0.15, 0.2) is 146 Å².